The van der Waals surface area contributed by atoms with Crippen LogP contribution in [0.15, 0.2) is 53.4 Å². The predicted molar refractivity (Wildman–Crippen MR) is 116 cm³/mol. The van der Waals surface area contributed by atoms with Gasteiger partial charge in [-0.05, 0) is 48.2 Å². The zero-order chi connectivity index (χ0) is 23.0. The number of halogens is 2. The van der Waals surface area contributed by atoms with Gasteiger partial charge >= 0.3 is 6.03 Å². The van der Waals surface area contributed by atoms with Crippen molar-refractivity contribution in [2.45, 2.75) is 43.7 Å². The molecule has 0 atom stereocenters. The van der Waals surface area contributed by atoms with Gasteiger partial charge in [0.25, 0.3) is 6.43 Å². The Kier molecular flexibility index (Phi) is 8.40. The van der Waals surface area contributed by atoms with Gasteiger partial charge in [-0.2, -0.15) is 4.31 Å². The molecule has 1 saturated heterocycles. The molecule has 0 unspecified atom stereocenters. The van der Waals surface area contributed by atoms with Gasteiger partial charge in [-0.25, -0.2) is 22.0 Å². The van der Waals surface area contributed by atoms with Crippen LogP contribution in [0.2, 0.25) is 0 Å². The van der Waals surface area contributed by atoms with E-state index >= 15 is 0 Å². The highest BCUT2D eigenvalue weighted by Gasteiger charge is 2.25. The number of rotatable bonds is 9. The molecule has 1 heterocycles. The average molecular weight is 468 g/mol. The van der Waals surface area contributed by atoms with Crippen LogP contribution in [0, 0.1) is 0 Å². The molecule has 7 nitrogen and oxygen atoms in total. The maximum Gasteiger partial charge on any atom is 0.315 e. The molecule has 1 aliphatic heterocycles. The average Bonchev–Trinajstić information content (AvgIpc) is 2.81. The molecule has 2 amide bonds. The number of nitrogens with zero attached hydrogens (tertiary/aromatic N) is 1. The van der Waals surface area contributed by atoms with Gasteiger partial charge in [0, 0.05) is 26.2 Å². The Morgan fingerprint density at radius 2 is 1.62 bits per heavy atom. The van der Waals surface area contributed by atoms with Crippen LogP contribution in [0.25, 0.3) is 0 Å². The van der Waals surface area contributed by atoms with E-state index in [9.17, 15) is 22.0 Å². The number of carbonyl (C=O) groups excluding carboxylic acids is 1. The largest absolute Gasteiger partial charge is 0.488 e. The number of piperidine rings is 1. The highest BCUT2D eigenvalue weighted by molar-refractivity contribution is 7.89. The van der Waals surface area contributed by atoms with E-state index in [2.05, 4.69) is 10.6 Å². The van der Waals surface area contributed by atoms with Crippen LogP contribution in [0.3, 0.4) is 0 Å². The van der Waals surface area contributed by atoms with E-state index in [-0.39, 0.29) is 18.0 Å². The van der Waals surface area contributed by atoms with Gasteiger partial charge in [-0.15, -0.1) is 0 Å². The lowest BCUT2D eigenvalue weighted by atomic mass is 10.2. The normalized spacial score (nSPS) is 14.8. The number of hydrogen-bond donors (Lipinski definition) is 2. The SMILES string of the molecule is O=C(NCc1ccc(S(=O)(=O)N2CCCCC2)cc1)NCc1cccc(OCC(F)F)c1. The Balaban J connectivity index is 1.46. The summed E-state index contributed by atoms with van der Waals surface area (Å²) in [4.78, 5) is 12.3. The number of benzene rings is 2. The summed E-state index contributed by atoms with van der Waals surface area (Å²) in [6.07, 6.45) is 0.255. The smallest absolute Gasteiger partial charge is 0.315 e. The molecule has 2 N–H and O–H groups in total. The predicted octanol–water partition coefficient (Wildman–Crippen LogP) is 3.50. The van der Waals surface area contributed by atoms with Gasteiger partial charge in [0.05, 0.1) is 4.90 Å². The fourth-order valence-corrected chi connectivity index (χ4v) is 4.88. The number of amides is 2. The van der Waals surface area contributed by atoms with E-state index in [4.69, 9.17) is 4.74 Å². The fraction of sp³-hybridized carbons (Fsp3) is 0.409. The Morgan fingerprint density at radius 3 is 2.28 bits per heavy atom. The summed E-state index contributed by atoms with van der Waals surface area (Å²) in [6.45, 7) is 0.841. The third-order valence-electron chi connectivity index (χ3n) is 5.06. The van der Waals surface area contributed by atoms with E-state index < -0.39 is 29.1 Å². The first-order chi connectivity index (χ1) is 15.3. The minimum absolute atomic E-state index is 0.199. The molecule has 32 heavy (non-hydrogen) atoms. The number of carbonyl (C=O) groups is 1. The summed E-state index contributed by atoms with van der Waals surface area (Å²) in [5.41, 5.74) is 1.47. The van der Waals surface area contributed by atoms with Crippen LogP contribution in [0.1, 0.15) is 30.4 Å². The highest BCUT2D eigenvalue weighted by atomic mass is 32.2. The van der Waals surface area contributed by atoms with Crippen molar-refractivity contribution in [3.8, 4) is 5.75 Å². The number of urea groups is 1. The second-order valence-electron chi connectivity index (χ2n) is 7.49. The van der Waals surface area contributed by atoms with Gasteiger partial charge < -0.3 is 15.4 Å². The second kappa shape index (κ2) is 11.2. The van der Waals surface area contributed by atoms with Crippen LogP contribution in [0.4, 0.5) is 13.6 Å². The number of ether oxygens (including phenoxy) is 1. The molecule has 0 aromatic heterocycles. The Bertz CT molecular complexity index is 994. The quantitative estimate of drug-likeness (QED) is 0.591. The van der Waals surface area contributed by atoms with Crippen molar-refractivity contribution in [3.63, 3.8) is 0 Å². The summed E-state index contributed by atoms with van der Waals surface area (Å²) in [5.74, 6) is 0.310. The Labute approximate surface area is 186 Å². The molecule has 2 aromatic rings. The second-order valence-corrected chi connectivity index (χ2v) is 9.43. The van der Waals surface area contributed by atoms with Crippen LogP contribution < -0.4 is 15.4 Å². The standard InChI is InChI=1S/C22H27F2N3O4S/c23-21(24)16-31-19-6-4-5-18(13-19)15-26-22(28)25-14-17-7-9-20(10-8-17)32(29,30)27-11-2-1-3-12-27/h4-10,13,21H,1-3,11-12,14-16H2,(H2,25,26,28). The van der Waals surface area contributed by atoms with Gasteiger partial charge in [0.2, 0.25) is 10.0 Å². The fourth-order valence-electron chi connectivity index (χ4n) is 3.37. The first kappa shape index (κ1) is 23.9. The van der Waals surface area contributed by atoms with Crippen LogP contribution in [0.5, 0.6) is 5.75 Å². The van der Waals surface area contributed by atoms with Crippen molar-refractivity contribution in [1.29, 1.82) is 0 Å². The Morgan fingerprint density at radius 1 is 0.969 bits per heavy atom. The minimum Gasteiger partial charge on any atom is -0.488 e. The molecule has 3 rings (SSSR count). The van der Waals surface area contributed by atoms with E-state index in [1.807, 2.05) is 0 Å². The molecule has 0 bridgehead atoms. The molecule has 0 spiro atoms. The lowest BCUT2D eigenvalue weighted by Gasteiger charge is -2.25. The Hall–Kier alpha value is -2.72. The van der Waals surface area contributed by atoms with Crippen molar-refractivity contribution in [2.75, 3.05) is 19.7 Å². The molecular formula is C22H27F2N3O4S. The maximum absolute atomic E-state index is 12.7. The molecule has 1 fully saturated rings. The molecule has 174 valence electrons. The molecule has 1 aliphatic rings. The first-order valence-corrected chi connectivity index (χ1v) is 11.9. The van der Waals surface area contributed by atoms with Crippen LogP contribution >= 0.6 is 0 Å². The number of nitrogens with one attached hydrogen (secondary N) is 2. The number of alkyl halides is 2. The molecule has 0 aliphatic carbocycles. The zero-order valence-corrected chi connectivity index (χ0v) is 18.4. The third kappa shape index (κ3) is 6.89. The van der Waals surface area contributed by atoms with E-state index in [0.717, 1.165) is 24.8 Å². The lowest BCUT2D eigenvalue weighted by Crippen LogP contribution is -2.35. The van der Waals surface area contributed by atoms with Crippen LogP contribution in [-0.4, -0.2) is 44.9 Å². The van der Waals surface area contributed by atoms with Crippen molar-refractivity contribution in [3.05, 3.63) is 59.7 Å². The lowest BCUT2D eigenvalue weighted by molar-refractivity contribution is 0.0818. The zero-order valence-electron chi connectivity index (χ0n) is 17.6. The number of hydrogen-bond acceptors (Lipinski definition) is 4. The van der Waals surface area contributed by atoms with Crippen LogP contribution in [-0.2, 0) is 23.1 Å². The van der Waals surface area contributed by atoms with Gasteiger partial charge in [0.15, 0.2) is 0 Å². The van der Waals surface area contributed by atoms with Crippen molar-refractivity contribution in [2.24, 2.45) is 0 Å². The van der Waals surface area contributed by atoms with Gasteiger partial charge in [-0.3, -0.25) is 0 Å². The summed E-state index contributed by atoms with van der Waals surface area (Å²) in [7, 11) is -3.48. The van der Waals surface area contributed by atoms with Gasteiger partial charge in [0.1, 0.15) is 12.4 Å². The van der Waals surface area contributed by atoms with E-state index in [0.29, 0.717) is 24.4 Å². The molecule has 0 radical (unpaired) electrons. The van der Waals surface area contributed by atoms with Crippen molar-refractivity contribution >= 4 is 16.1 Å². The summed E-state index contributed by atoms with van der Waals surface area (Å²) >= 11 is 0. The monoisotopic (exact) mass is 467 g/mol. The molecule has 2 aromatic carbocycles. The van der Waals surface area contributed by atoms with E-state index in [1.165, 1.54) is 4.31 Å². The third-order valence-corrected chi connectivity index (χ3v) is 6.97. The summed E-state index contributed by atoms with van der Waals surface area (Å²) in [5, 5.41) is 5.39. The van der Waals surface area contributed by atoms with Crippen molar-refractivity contribution < 1.29 is 26.7 Å². The summed E-state index contributed by atoms with van der Waals surface area (Å²) in [6, 6.07) is 12.6. The maximum atomic E-state index is 12.7. The first-order valence-electron chi connectivity index (χ1n) is 10.5. The number of sulfonamides is 1. The van der Waals surface area contributed by atoms with Crippen molar-refractivity contribution in [1.82, 2.24) is 14.9 Å². The highest BCUT2D eigenvalue weighted by Crippen LogP contribution is 2.21. The summed E-state index contributed by atoms with van der Waals surface area (Å²) < 4.78 is 56.3. The molecule has 10 heteroatoms. The van der Waals surface area contributed by atoms with Gasteiger partial charge in [-0.1, -0.05) is 30.7 Å². The topological polar surface area (TPSA) is 87.7 Å². The molecule has 0 saturated carbocycles. The molecular weight excluding hydrogens is 440 g/mol. The minimum atomic E-state index is -3.48. The van der Waals surface area contributed by atoms with E-state index in [1.54, 1.807) is 48.5 Å².